The summed E-state index contributed by atoms with van der Waals surface area (Å²) in [6, 6.07) is 7.03. The van der Waals surface area contributed by atoms with E-state index in [1.54, 1.807) is 24.3 Å². The smallest absolute Gasteiger partial charge is 0.270 e. The van der Waals surface area contributed by atoms with Crippen LogP contribution in [0.15, 0.2) is 29.4 Å². The van der Waals surface area contributed by atoms with Gasteiger partial charge in [-0.3, -0.25) is 4.79 Å². The first-order valence-electron chi connectivity index (χ1n) is 4.48. The molecule has 5 nitrogen and oxygen atoms in total. The lowest BCUT2D eigenvalue weighted by Crippen LogP contribution is -2.13. The van der Waals surface area contributed by atoms with Crippen molar-refractivity contribution in [3.05, 3.63) is 24.3 Å². The molecule has 80 valence electrons. The standard InChI is InChI=1S/C10H12N2O3/c1-2-15-9-6-4-3-5-8(9)12-10(13)7-11-14/h3-7,14H,2H2,1H3,(H,12,13)/b11-7+. The number of hydrogen-bond acceptors (Lipinski definition) is 4. The van der Waals surface area contributed by atoms with Crippen molar-refractivity contribution in [2.75, 3.05) is 11.9 Å². The largest absolute Gasteiger partial charge is 0.492 e. The molecular weight excluding hydrogens is 196 g/mol. The molecule has 2 N–H and O–H groups in total. The lowest BCUT2D eigenvalue weighted by Gasteiger charge is -2.09. The zero-order chi connectivity index (χ0) is 11.1. The van der Waals surface area contributed by atoms with E-state index in [1.807, 2.05) is 6.92 Å². The van der Waals surface area contributed by atoms with Crippen LogP contribution in [0.2, 0.25) is 0 Å². The summed E-state index contributed by atoms with van der Waals surface area (Å²) in [4.78, 5) is 11.1. The molecule has 1 amide bonds. The van der Waals surface area contributed by atoms with Crippen LogP contribution in [0.3, 0.4) is 0 Å². The number of anilines is 1. The van der Waals surface area contributed by atoms with Crippen LogP contribution >= 0.6 is 0 Å². The highest BCUT2D eigenvalue weighted by molar-refractivity contribution is 6.31. The summed E-state index contributed by atoms with van der Waals surface area (Å²) in [7, 11) is 0. The van der Waals surface area contributed by atoms with E-state index < -0.39 is 5.91 Å². The fourth-order valence-corrected chi connectivity index (χ4v) is 1.07. The number of rotatable bonds is 4. The highest BCUT2D eigenvalue weighted by atomic mass is 16.5. The van der Waals surface area contributed by atoms with Gasteiger partial charge in [-0.25, -0.2) is 0 Å². The molecule has 0 atom stereocenters. The van der Waals surface area contributed by atoms with Gasteiger partial charge in [0.05, 0.1) is 12.3 Å². The van der Waals surface area contributed by atoms with Gasteiger partial charge in [0.1, 0.15) is 12.0 Å². The molecule has 5 heteroatoms. The first-order chi connectivity index (χ1) is 7.27. The highest BCUT2D eigenvalue weighted by Crippen LogP contribution is 2.23. The summed E-state index contributed by atoms with van der Waals surface area (Å²) in [5.74, 6) is 0.0735. The van der Waals surface area contributed by atoms with Crippen LogP contribution in [0.1, 0.15) is 6.92 Å². The predicted molar refractivity (Wildman–Crippen MR) is 56.5 cm³/mol. The summed E-state index contributed by atoms with van der Waals surface area (Å²) in [6.45, 7) is 2.37. The predicted octanol–water partition coefficient (Wildman–Crippen LogP) is 1.48. The Morgan fingerprint density at radius 1 is 1.60 bits per heavy atom. The summed E-state index contributed by atoms with van der Waals surface area (Å²) in [6.07, 6.45) is 0.780. The molecule has 1 rings (SSSR count). The molecule has 0 saturated carbocycles. The molecule has 0 aliphatic carbocycles. The van der Waals surface area contributed by atoms with Gasteiger partial charge in [0.2, 0.25) is 0 Å². The molecule has 1 aromatic rings. The van der Waals surface area contributed by atoms with Crippen molar-refractivity contribution in [1.29, 1.82) is 0 Å². The molecule has 15 heavy (non-hydrogen) atoms. The van der Waals surface area contributed by atoms with E-state index in [4.69, 9.17) is 9.94 Å². The summed E-state index contributed by atoms with van der Waals surface area (Å²) < 4.78 is 5.29. The number of oxime groups is 1. The average molecular weight is 208 g/mol. The zero-order valence-corrected chi connectivity index (χ0v) is 8.30. The minimum absolute atomic E-state index is 0.510. The van der Waals surface area contributed by atoms with E-state index in [0.717, 1.165) is 6.21 Å². The number of ether oxygens (including phenoxy) is 1. The van der Waals surface area contributed by atoms with E-state index in [2.05, 4.69) is 10.5 Å². The lowest BCUT2D eigenvalue weighted by molar-refractivity contribution is -0.110. The van der Waals surface area contributed by atoms with Crippen molar-refractivity contribution < 1.29 is 14.7 Å². The first-order valence-corrected chi connectivity index (χ1v) is 4.48. The zero-order valence-electron chi connectivity index (χ0n) is 8.30. The number of nitrogens with zero attached hydrogens (tertiary/aromatic N) is 1. The lowest BCUT2D eigenvalue weighted by atomic mass is 10.3. The van der Waals surface area contributed by atoms with Gasteiger partial charge < -0.3 is 15.3 Å². The molecule has 0 spiro atoms. The number of carbonyl (C=O) groups is 1. The molecule has 0 saturated heterocycles. The number of nitrogens with one attached hydrogen (secondary N) is 1. The minimum Gasteiger partial charge on any atom is -0.492 e. The molecule has 0 unspecified atom stereocenters. The second-order valence-corrected chi connectivity index (χ2v) is 2.66. The Bertz CT molecular complexity index is 363. The van der Waals surface area contributed by atoms with Crippen LogP contribution in [0, 0.1) is 0 Å². The van der Waals surface area contributed by atoms with E-state index in [-0.39, 0.29) is 0 Å². The van der Waals surface area contributed by atoms with E-state index >= 15 is 0 Å². The van der Waals surface area contributed by atoms with Gasteiger partial charge in [0.15, 0.2) is 0 Å². The number of benzene rings is 1. The molecule has 1 aromatic carbocycles. The minimum atomic E-state index is -0.510. The monoisotopic (exact) mass is 208 g/mol. The fraction of sp³-hybridized carbons (Fsp3) is 0.200. The van der Waals surface area contributed by atoms with E-state index in [1.165, 1.54) is 0 Å². The number of hydrogen-bond donors (Lipinski definition) is 2. The third-order valence-electron chi connectivity index (χ3n) is 1.62. The van der Waals surface area contributed by atoms with Crippen LogP contribution in [0.5, 0.6) is 5.75 Å². The van der Waals surface area contributed by atoms with Gasteiger partial charge in [-0.1, -0.05) is 17.3 Å². The molecule has 0 aliphatic heterocycles. The highest BCUT2D eigenvalue weighted by Gasteiger charge is 2.04. The van der Waals surface area contributed by atoms with E-state index in [0.29, 0.717) is 18.0 Å². The van der Waals surface area contributed by atoms with Gasteiger partial charge in [-0.15, -0.1) is 0 Å². The summed E-state index contributed by atoms with van der Waals surface area (Å²) >= 11 is 0. The molecule has 0 aliphatic rings. The maximum atomic E-state index is 11.1. The summed E-state index contributed by atoms with van der Waals surface area (Å²) in [5, 5.41) is 13.3. The van der Waals surface area contributed by atoms with Crippen molar-refractivity contribution in [2.24, 2.45) is 5.16 Å². The normalized spacial score (nSPS) is 10.2. The molecule has 0 heterocycles. The Hall–Kier alpha value is -2.04. The Morgan fingerprint density at radius 2 is 2.33 bits per heavy atom. The first kappa shape index (κ1) is 11.0. The summed E-state index contributed by atoms with van der Waals surface area (Å²) in [5.41, 5.74) is 0.546. The molecule has 0 bridgehead atoms. The second-order valence-electron chi connectivity index (χ2n) is 2.66. The Kier molecular flexibility index (Phi) is 4.15. The average Bonchev–Trinajstić information content (AvgIpc) is 2.21. The molecule has 0 radical (unpaired) electrons. The third kappa shape index (κ3) is 3.30. The quantitative estimate of drug-likeness (QED) is 0.447. The molecular formula is C10H12N2O3. The van der Waals surface area contributed by atoms with Gasteiger partial charge in [0, 0.05) is 0 Å². The topological polar surface area (TPSA) is 70.9 Å². The second kappa shape index (κ2) is 5.64. The van der Waals surface area contributed by atoms with Crippen molar-refractivity contribution in [2.45, 2.75) is 6.92 Å². The van der Waals surface area contributed by atoms with Gasteiger partial charge >= 0.3 is 0 Å². The maximum Gasteiger partial charge on any atom is 0.270 e. The van der Waals surface area contributed by atoms with Gasteiger partial charge in [0.25, 0.3) is 5.91 Å². The number of amides is 1. The fourth-order valence-electron chi connectivity index (χ4n) is 1.07. The van der Waals surface area contributed by atoms with Crippen LogP contribution in [-0.2, 0) is 4.79 Å². The Morgan fingerprint density at radius 3 is 3.00 bits per heavy atom. The van der Waals surface area contributed by atoms with Crippen molar-refractivity contribution >= 4 is 17.8 Å². The maximum absolute atomic E-state index is 11.1. The number of carbonyl (C=O) groups excluding carboxylic acids is 1. The van der Waals surface area contributed by atoms with Crippen LogP contribution in [0.4, 0.5) is 5.69 Å². The van der Waals surface area contributed by atoms with Gasteiger partial charge in [-0.05, 0) is 19.1 Å². The van der Waals surface area contributed by atoms with E-state index in [9.17, 15) is 4.79 Å². The SMILES string of the molecule is CCOc1ccccc1NC(=O)/C=N/O. The van der Waals surface area contributed by atoms with Crippen molar-refractivity contribution in [3.8, 4) is 5.75 Å². The molecule has 0 fully saturated rings. The van der Waals surface area contributed by atoms with Crippen LogP contribution in [-0.4, -0.2) is 23.9 Å². The van der Waals surface area contributed by atoms with Crippen LogP contribution in [0.25, 0.3) is 0 Å². The van der Waals surface area contributed by atoms with Crippen molar-refractivity contribution in [3.63, 3.8) is 0 Å². The number of para-hydroxylation sites is 2. The molecule has 0 aromatic heterocycles. The van der Waals surface area contributed by atoms with Crippen LogP contribution < -0.4 is 10.1 Å². The third-order valence-corrected chi connectivity index (χ3v) is 1.62. The van der Waals surface area contributed by atoms with Gasteiger partial charge in [-0.2, -0.15) is 0 Å². The Labute approximate surface area is 87.4 Å². The Balaban J connectivity index is 2.79. The van der Waals surface area contributed by atoms with Crippen molar-refractivity contribution in [1.82, 2.24) is 0 Å².